The SMILES string of the molecule is CCC(C)=NNc1ccc([N+](=O)[O-])cc1S(=O)(=O)Nc1ccc(OC)cc1. The maximum atomic E-state index is 12.8. The number of methoxy groups -OCH3 is 1. The molecule has 144 valence electrons. The summed E-state index contributed by atoms with van der Waals surface area (Å²) >= 11 is 0. The van der Waals surface area contributed by atoms with E-state index >= 15 is 0 Å². The fraction of sp³-hybridized carbons (Fsp3) is 0.235. The minimum absolute atomic E-state index is 0.134. The van der Waals surface area contributed by atoms with Crippen LogP contribution in [0, 0.1) is 10.1 Å². The number of nitrogens with one attached hydrogen (secondary N) is 2. The fourth-order valence-electron chi connectivity index (χ4n) is 2.04. The summed E-state index contributed by atoms with van der Waals surface area (Å²) in [5.74, 6) is 0.569. The fourth-order valence-corrected chi connectivity index (χ4v) is 3.28. The lowest BCUT2D eigenvalue weighted by Gasteiger charge is -2.12. The molecule has 2 rings (SSSR count). The molecule has 0 saturated carbocycles. The molecule has 0 aromatic heterocycles. The normalized spacial score (nSPS) is 11.7. The van der Waals surface area contributed by atoms with Crippen molar-refractivity contribution in [3.63, 3.8) is 0 Å². The zero-order chi connectivity index (χ0) is 20.0. The number of benzene rings is 2. The Hall–Kier alpha value is -3.14. The highest BCUT2D eigenvalue weighted by atomic mass is 32.2. The van der Waals surface area contributed by atoms with Crippen LogP contribution < -0.4 is 14.9 Å². The molecular weight excluding hydrogens is 372 g/mol. The number of rotatable bonds is 8. The van der Waals surface area contributed by atoms with Crippen LogP contribution in [-0.4, -0.2) is 26.2 Å². The van der Waals surface area contributed by atoms with E-state index in [1.54, 1.807) is 19.1 Å². The molecule has 2 aromatic rings. The van der Waals surface area contributed by atoms with Gasteiger partial charge in [-0.2, -0.15) is 5.10 Å². The van der Waals surface area contributed by atoms with Gasteiger partial charge in [0.05, 0.1) is 17.7 Å². The van der Waals surface area contributed by atoms with Crippen molar-refractivity contribution in [3.8, 4) is 5.75 Å². The third kappa shape index (κ3) is 5.17. The van der Waals surface area contributed by atoms with Crippen molar-refractivity contribution in [2.75, 3.05) is 17.3 Å². The minimum atomic E-state index is -4.10. The molecule has 10 heteroatoms. The van der Waals surface area contributed by atoms with Crippen LogP contribution in [0.1, 0.15) is 20.3 Å². The van der Waals surface area contributed by atoms with Crippen LogP contribution in [0.25, 0.3) is 0 Å². The Morgan fingerprint density at radius 3 is 2.44 bits per heavy atom. The van der Waals surface area contributed by atoms with Gasteiger partial charge in [0, 0.05) is 23.5 Å². The van der Waals surface area contributed by atoms with Crippen molar-refractivity contribution >= 4 is 32.8 Å². The molecule has 0 aliphatic rings. The highest BCUT2D eigenvalue weighted by Crippen LogP contribution is 2.28. The zero-order valence-corrected chi connectivity index (χ0v) is 15.9. The Morgan fingerprint density at radius 1 is 1.22 bits per heavy atom. The summed E-state index contributed by atoms with van der Waals surface area (Å²) < 4.78 is 33.1. The number of nitro groups is 1. The van der Waals surface area contributed by atoms with Crippen LogP contribution in [0.15, 0.2) is 52.5 Å². The summed E-state index contributed by atoms with van der Waals surface area (Å²) in [6.45, 7) is 3.68. The molecule has 0 amide bonds. The molecule has 0 fully saturated rings. The van der Waals surface area contributed by atoms with Crippen molar-refractivity contribution in [3.05, 3.63) is 52.6 Å². The summed E-state index contributed by atoms with van der Waals surface area (Å²) in [5.41, 5.74) is 3.50. The third-order valence-electron chi connectivity index (χ3n) is 3.69. The van der Waals surface area contributed by atoms with Crippen molar-refractivity contribution in [1.29, 1.82) is 0 Å². The first-order chi connectivity index (χ1) is 12.8. The molecule has 0 spiro atoms. The maximum absolute atomic E-state index is 12.8. The van der Waals surface area contributed by atoms with Gasteiger partial charge in [-0.25, -0.2) is 8.42 Å². The molecule has 0 saturated heterocycles. The lowest BCUT2D eigenvalue weighted by atomic mass is 10.3. The molecule has 9 nitrogen and oxygen atoms in total. The van der Waals surface area contributed by atoms with E-state index in [0.29, 0.717) is 17.9 Å². The topological polar surface area (TPSA) is 123 Å². The highest BCUT2D eigenvalue weighted by molar-refractivity contribution is 7.92. The molecule has 0 aliphatic carbocycles. The monoisotopic (exact) mass is 392 g/mol. The van der Waals surface area contributed by atoms with E-state index < -0.39 is 14.9 Å². The molecule has 0 radical (unpaired) electrons. The van der Waals surface area contributed by atoms with Gasteiger partial charge in [-0.3, -0.25) is 20.3 Å². The third-order valence-corrected chi connectivity index (χ3v) is 5.11. The Labute approximate surface area is 157 Å². The largest absolute Gasteiger partial charge is 0.497 e. The van der Waals surface area contributed by atoms with E-state index in [1.165, 1.54) is 31.4 Å². The van der Waals surface area contributed by atoms with E-state index in [0.717, 1.165) is 11.8 Å². The molecule has 0 heterocycles. The predicted molar refractivity (Wildman–Crippen MR) is 104 cm³/mol. The van der Waals surface area contributed by atoms with Crippen molar-refractivity contribution < 1.29 is 18.1 Å². The van der Waals surface area contributed by atoms with Crippen LogP contribution in [-0.2, 0) is 10.0 Å². The molecule has 0 aliphatic heterocycles. The Kier molecular flexibility index (Phi) is 6.35. The van der Waals surface area contributed by atoms with E-state index in [9.17, 15) is 18.5 Å². The van der Waals surface area contributed by atoms with Gasteiger partial charge in [-0.15, -0.1) is 0 Å². The summed E-state index contributed by atoms with van der Waals surface area (Å²) in [7, 11) is -2.60. The summed E-state index contributed by atoms with van der Waals surface area (Å²) in [6, 6.07) is 9.77. The van der Waals surface area contributed by atoms with Gasteiger partial charge in [0.2, 0.25) is 0 Å². The van der Waals surface area contributed by atoms with Gasteiger partial charge >= 0.3 is 0 Å². The molecule has 2 aromatic carbocycles. The smallest absolute Gasteiger partial charge is 0.270 e. The second-order valence-corrected chi connectivity index (χ2v) is 7.23. The summed E-state index contributed by atoms with van der Waals surface area (Å²) in [4.78, 5) is 10.1. The lowest BCUT2D eigenvalue weighted by Crippen LogP contribution is -2.15. The second-order valence-electron chi connectivity index (χ2n) is 5.58. The van der Waals surface area contributed by atoms with Gasteiger partial charge in [0.15, 0.2) is 0 Å². The molecule has 27 heavy (non-hydrogen) atoms. The molecular formula is C17H20N4O5S. The van der Waals surface area contributed by atoms with Crippen molar-refractivity contribution in [2.24, 2.45) is 5.10 Å². The first-order valence-corrected chi connectivity index (χ1v) is 9.49. The summed E-state index contributed by atoms with van der Waals surface area (Å²) in [5, 5.41) is 15.1. The standard InChI is InChI=1S/C17H20N4O5S/c1-4-12(2)18-19-16-10-7-14(21(22)23)11-17(16)27(24,25)20-13-5-8-15(26-3)9-6-13/h5-11,19-20H,4H2,1-3H3. The van der Waals surface area contributed by atoms with Crippen LogP contribution in [0.4, 0.5) is 17.1 Å². The number of nitrogens with zero attached hydrogens (tertiary/aromatic N) is 2. The number of nitro benzene ring substituents is 1. The number of hydrogen-bond acceptors (Lipinski definition) is 7. The Balaban J connectivity index is 2.44. The maximum Gasteiger partial charge on any atom is 0.270 e. The Morgan fingerprint density at radius 2 is 1.89 bits per heavy atom. The van der Waals surface area contributed by atoms with Gasteiger partial charge in [0.25, 0.3) is 15.7 Å². The number of hydrazone groups is 1. The van der Waals surface area contributed by atoms with Gasteiger partial charge in [-0.1, -0.05) is 6.92 Å². The summed E-state index contributed by atoms with van der Waals surface area (Å²) in [6.07, 6.45) is 0.673. The molecule has 0 atom stereocenters. The molecule has 2 N–H and O–H groups in total. The van der Waals surface area contributed by atoms with Crippen LogP contribution in [0.3, 0.4) is 0 Å². The quantitative estimate of drug-likeness (QED) is 0.402. The number of sulfonamides is 1. The number of anilines is 2. The number of ether oxygens (including phenoxy) is 1. The average molecular weight is 392 g/mol. The zero-order valence-electron chi connectivity index (χ0n) is 15.1. The van der Waals surface area contributed by atoms with Crippen molar-refractivity contribution in [2.45, 2.75) is 25.2 Å². The van der Waals surface area contributed by atoms with Crippen LogP contribution in [0.2, 0.25) is 0 Å². The molecule has 0 unspecified atom stereocenters. The van der Waals surface area contributed by atoms with E-state index in [1.807, 2.05) is 6.92 Å². The van der Waals surface area contributed by atoms with E-state index in [2.05, 4.69) is 15.2 Å². The van der Waals surface area contributed by atoms with Crippen LogP contribution in [0.5, 0.6) is 5.75 Å². The van der Waals surface area contributed by atoms with Gasteiger partial charge < -0.3 is 4.74 Å². The number of non-ortho nitro benzene ring substituents is 1. The first-order valence-electron chi connectivity index (χ1n) is 8.01. The van der Waals surface area contributed by atoms with E-state index in [-0.39, 0.29) is 16.3 Å². The minimum Gasteiger partial charge on any atom is -0.497 e. The average Bonchev–Trinajstić information content (AvgIpc) is 2.66. The van der Waals surface area contributed by atoms with Crippen LogP contribution >= 0.6 is 0 Å². The highest BCUT2D eigenvalue weighted by Gasteiger charge is 2.22. The number of hydrogen-bond donors (Lipinski definition) is 2. The second kappa shape index (κ2) is 8.49. The van der Waals surface area contributed by atoms with Gasteiger partial charge in [-0.05, 0) is 43.7 Å². The van der Waals surface area contributed by atoms with Crippen molar-refractivity contribution in [1.82, 2.24) is 0 Å². The lowest BCUT2D eigenvalue weighted by molar-refractivity contribution is -0.385. The van der Waals surface area contributed by atoms with E-state index in [4.69, 9.17) is 4.74 Å². The Bertz CT molecular complexity index is 956. The molecule has 0 bridgehead atoms. The predicted octanol–water partition coefficient (Wildman–Crippen LogP) is 3.60. The van der Waals surface area contributed by atoms with Gasteiger partial charge in [0.1, 0.15) is 10.6 Å². The first kappa shape index (κ1) is 20.2.